The SMILES string of the molecule is COC(=O)c1ccc(C=CC2=CN([C@H]3C[C@H](O)[C@@H](CO)O3)C(=O)NC2(N)C(=O)c2ccccc2)cc1. The highest BCUT2D eigenvalue weighted by atomic mass is 16.5. The fourth-order valence-electron chi connectivity index (χ4n) is 4.09. The van der Waals surface area contributed by atoms with Crippen LogP contribution in [0.3, 0.4) is 0 Å². The van der Waals surface area contributed by atoms with Crippen molar-refractivity contribution in [1.29, 1.82) is 0 Å². The number of amides is 2. The molecule has 1 fully saturated rings. The van der Waals surface area contributed by atoms with Gasteiger partial charge in [0.2, 0.25) is 5.78 Å². The molecule has 2 aliphatic heterocycles. The smallest absolute Gasteiger partial charge is 0.337 e. The number of esters is 1. The van der Waals surface area contributed by atoms with Crippen LogP contribution in [0.15, 0.2) is 72.4 Å². The van der Waals surface area contributed by atoms with Gasteiger partial charge in [0.25, 0.3) is 0 Å². The topological polar surface area (TPSA) is 151 Å². The predicted molar refractivity (Wildman–Crippen MR) is 129 cm³/mol. The summed E-state index contributed by atoms with van der Waals surface area (Å²) in [5, 5.41) is 22.1. The molecular formula is C26H27N3O7. The van der Waals surface area contributed by atoms with Crippen molar-refractivity contribution in [2.24, 2.45) is 5.73 Å². The number of aliphatic hydroxyl groups is 2. The molecule has 2 aromatic rings. The van der Waals surface area contributed by atoms with E-state index in [4.69, 9.17) is 15.2 Å². The summed E-state index contributed by atoms with van der Waals surface area (Å²) in [4.78, 5) is 39.4. The second kappa shape index (κ2) is 10.4. The Morgan fingerprint density at radius 2 is 1.86 bits per heavy atom. The summed E-state index contributed by atoms with van der Waals surface area (Å²) in [7, 11) is 1.30. The number of nitrogens with two attached hydrogens (primary N) is 1. The van der Waals surface area contributed by atoms with Gasteiger partial charge < -0.3 is 25.0 Å². The molecule has 2 aliphatic rings. The summed E-state index contributed by atoms with van der Waals surface area (Å²) in [5.41, 5.74) is 6.31. The van der Waals surface area contributed by atoms with E-state index in [2.05, 4.69) is 5.32 Å². The average molecular weight is 494 g/mol. The molecule has 4 rings (SSSR count). The maximum Gasteiger partial charge on any atom is 0.337 e. The first kappa shape index (κ1) is 25.3. The highest BCUT2D eigenvalue weighted by Gasteiger charge is 2.47. The van der Waals surface area contributed by atoms with Gasteiger partial charge in [0.1, 0.15) is 12.3 Å². The van der Waals surface area contributed by atoms with Crippen molar-refractivity contribution in [3.63, 3.8) is 0 Å². The van der Waals surface area contributed by atoms with Gasteiger partial charge >= 0.3 is 12.0 Å². The van der Waals surface area contributed by atoms with Crippen LogP contribution in [0.25, 0.3) is 6.08 Å². The van der Waals surface area contributed by atoms with Crippen LogP contribution < -0.4 is 11.1 Å². The zero-order chi connectivity index (χ0) is 25.9. The van der Waals surface area contributed by atoms with Gasteiger partial charge in [0.05, 0.1) is 25.4 Å². The lowest BCUT2D eigenvalue weighted by Crippen LogP contribution is -2.67. The first-order valence-corrected chi connectivity index (χ1v) is 11.3. The van der Waals surface area contributed by atoms with E-state index in [0.29, 0.717) is 16.7 Å². The summed E-state index contributed by atoms with van der Waals surface area (Å²) >= 11 is 0. The molecule has 36 heavy (non-hydrogen) atoms. The van der Waals surface area contributed by atoms with Crippen LogP contribution in [0.1, 0.15) is 32.7 Å². The van der Waals surface area contributed by atoms with Gasteiger partial charge in [-0.2, -0.15) is 0 Å². The number of rotatable bonds is 7. The number of aliphatic hydroxyl groups excluding tert-OH is 2. The number of ketones is 1. The van der Waals surface area contributed by atoms with Crippen molar-refractivity contribution >= 4 is 23.9 Å². The first-order valence-electron chi connectivity index (χ1n) is 11.3. The molecule has 10 nitrogen and oxygen atoms in total. The molecule has 5 N–H and O–H groups in total. The molecular weight excluding hydrogens is 466 g/mol. The highest BCUT2D eigenvalue weighted by molar-refractivity contribution is 6.08. The third-order valence-electron chi connectivity index (χ3n) is 6.15. The number of carbonyl (C=O) groups is 3. The van der Waals surface area contributed by atoms with Crippen molar-refractivity contribution in [2.75, 3.05) is 13.7 Å². The van der Waals surface area contributed by atoms with Gasteiger partial charge in [0, 0.05) is 23.8 Å². The number of benzene rings is 2. The molecule has 1 saturated heterocycles. The third kappa shape index (κ3) is 4.93. The van der Waals surface area contributed by atoms with E-state index in [1.807, 2.05) is 0 Å². The van der Waals surface area contributed by atoms with Crippen molar-refractivity contribution in [3.8, 4) is 0 Å². The Hall–Kier alpha value is -3.83. The second-order valence-corrected chi connectivity index (χ2v) is 8.49. The molecule has 0 aliphatic carbocycles. The van der Waals surface area contributed by atoms with Gasteiger partial charge in [-0.25, -0.2) is 9.59 Å². The minimum Gasteiger partial charge on any atom is -0.465 e. The zero-order valence-corrected chi connectivity index (χ0v) is 19.5. The molecule has 0 bridgehead atoms. The molecule has 0 radical (unpaired) electrons. The van der Waals surface area contributed by atoms with Gasteiger partial charge in [-0.3, -0.25) is 15.4 Å². The van der Waals surface area contributed by atoms with Crippen molar-refractivity contribution in [3.05, 3.63) is 89.1 Å². The van der Waals surface area contributed by atoms with Gasteiger partial charge in [-0.05, 0) is 17.7 Å². The molecule has 0 saturated carbocycles. The van der Waals surface area contributed by atoms with E-state index in [1.54, 1.807) is 66.7 Å². The molecule has 10 heteroatoms. The second-order valence-electron chi connectivity index (χ2n) is 8.49. The summed E-state index contributed by atoms with van der Waals surface area (Å²) < 4.78 is 10.3. The number of hydrogen-bond donors (Lipinski definition) is 4. The Morgan fingerprint density at radius 1 is 1.17 bits per heavy atom. The number of urea groups is 1. The van der Waals surface area contributed by atoms with E-state index in [-0.39, 0.29) is 12.0 Å². The molecule has 0 spiro atoms. The number of carbonyl (C=O) groups excluding carboxylic acids is 3. The molecule has 2 heterocycles. The van der Waals surface area contributed by atoms with Crippen LogP contribution in [-0.4, -0.2) is 70.7 Å². The Balaban J connectivity index is 1.70. The number of Topliss-reactive ketones (excluding diaryl/α,β-unsaturated/α-hetero) is 1. The fourth-order valence-corrected chi connectivity index (χ4v) is 4.09. The highest BCUT2D eigenvalue weighted by Crippen LogP contribution is 2.30. The summed E-state index contributed by atoms with van der Waals surface area (Å²) in [6, 6.07) is 14.3. The number of nitrogens with zero attached hydrogens (tertiary/aromatic N) is 1. The molecule has 2 amide bonds. The van der Waals surface area contributed by atoms with Gasteiger partial charge in [0.15, 0.2) is 5.66 Å². The number of methoxy groups -OCH3 is 1. The van der Waals surface area contributed by atoms with Gasteiger partial charge in [-0.15, -0.1) is 0 Å². The molecule has 2 aromatic carbocycles. The number of nitrogens with one attached hydrogen (secondary N) is 1. The Kier molecular flexibility index (Phi) is 7.32. The van der Waals surface area contributed by atoms with E-state index < -0.39 is 48.5 Å². The lowest BCUT2D eigenvalue weighted by molar-refractivity contribution is -0.0549. The first-order chi connectivity index (χ1) is 17.3. The molecule has 1 unspecified atom stereocenters. The summed E-state index contributed by atoms with van der Waals surface area (Å²) in [6.07, 6.45) is 2.11. The third-order valence-corrected chi connectivity index (χ3v) is 6.15. The maximum absolute atomic E-state index is 13.4. The predicted octanol–water partition coefficient (Wildman–Crippen LogP) is 1.40. The largest absolute Gasteiger partial charge is 0.465 e. The Labute approximate surface area is 207 Å². The lowest BCUT2D eigenvalue weighted by Gasteiger charge is -2.39. The number of ether oxygens (including phenoxy) is 2. The van der Waals surface area contributed by atoms with Crippen molar-refractivity contribution in [2.45, 2.75) is 30.5 Å². The van der Waals surface area contributed by atoms with E-state index in [1.165, 1.54) is 18.2 Å². The fraction of sp³-hybridized carbons (Fsp3) is 0.269. The van der Waals surface area contributed by atoms with E-state index in [9.17, 15) is 24.6 Å². The van der Waals surface area contributed by atoms with Crippen LogP contribution in [-0.2, 0) is 9.47 Å². The lowest BCUT2D eigenvalue weighted by atomic mass is 9.89. The van der Waals surface area contributed by atoms with E-state index in [0.717, 1.165) is 0 Å². The van der Waals surface area contributed by atoms with Crippen LogP contribution in [0, 0.1) is 0 Å². The maximum atomic E-state index is 13.4. The standard InChI is InChI=1S/C26H27N3O7/c1-35-24(33)18-10-7-16(8-11-18)9-12-19-14-29(22-13-20(31)21(15-30)36-22)25(34)28-26(19,27)23(32)17-5-3-2-4-6-17/h2-12,14,20-22,30-31H,13,15,27H2,1H3,(H,28,34)/t20-,21+,22+,26?/m0/s1. The quantitative estimate of drug-likeness (QED) is 0.334. The monoisotopic (exact) mass is 493 g/mol. The number of hydrogen-bond acceptors (Lipinski definition) is 8. The minimum atomic E-state index is -1.88. The average Bonchev–Trinajstić information content (AvgIpc) is 3.28. The summed E-state index contributed by atoms with van der Waals surface area (Å²) in [6.45, 7) is -0.404. The minimum absolute atomic E-state index is 0.0747. The Bertz CT molecular complexity index is 1200. The summed E-state index contributed by atoms with van der Waals surface area (Å²) in [5.74, 6) is -0.984. The van der Waals surface area contributed by atoms with Crippen LogP contribution in [0.4, 0.5) is 4.79 Å². The molecule has 4 atom stereocenters. The molecule has 188 valence electrons. The van der Waals surface area contributed by atoms with Crippen LogP contribution in [0.5, 0.6) is 0 Å². The van der Waals surface area contributed by atoms with Crippen LogP contribution in [0.2, 0.25) is 0 Å². The van der Waals surface area contributed by atoms with E-state index >= 15 is 0 Å². The normalized spacial score (nSPS) is 26.0. The Morgan fingerprint density at radius 3 is 2.47 bits per heavy atom. The van der Waals surface area contributed by atoms with Crippen molar-refractivity contribution < 1.29 is 34.1 Å². The van der Waals surface area contributed by atoms with Gasteiger partial charge in [-0.1, -0.05) is 54.6 Å². The van der Waals surface area contributed by atoms with Crippen LogP contribution >= 0.6 is 0 Å². The van der Waals surface area contributed by atoms with Crippen molar-refractivity contribution in [1.82, 2.24) is 10.2 Å². The molecule has 0 aromatic heterocycles. The zero-order valence-electron chi connectivity index (χ0n) is 19.5.